The highest BCUT2D eigenvalue weighted by atomic mass is 35.5. The van der Waals surface area contributed by atoms with Crippen LogP contribution in [0.4, 0.5) is 36.3 Å². The molecule has 0 atom stereocenters. The number of nitrogens with zero attached hydrogens (tertiary/aromatic N) is 3. The number of halogens is 3. The van der Waals surface area contributed by atoms with Crippen molar-refractivity contribution in [3.8, 4) is 22.1 Å². The van der Waals surface area contributed by atoms with Crippen LogP contribution in [0, 0.1) is 5.41 Å². The van der Waals surface area contributed by atoms with Gasteiger partial charge in [0.2, 0.25) is 0 Å². The molecule has 2 amide bonds. The van der Waals surface area contributed by atoms with Crippen molar-refractivity contribution in [1.29, 1.82) is 0 Å². The number of ether oxygens (including phenoxy) is 1. The fourth-order valence-electron chi connectivity index (χ4n) is 7.38. The molecule has 4 aromatic carbocycles. The van der Waals surface area contributed by atoms with Crippen molar-refractivity contribution < 1.29 is 23.4 Å². The molecular formula is C39H40ClF2N5O3S. The van der Waals surface area contributed by atoms with E-state index in [4.69, 9.17) is 16.6 Å². The lowest BCUT2D eigenvalue weighted by molar-refractivity contribution is -0.158. The van der Waals surface area contributed by atoms with Crippen LogP contribution in [0.2, 0.25) is 5.02 Å². The molecule has 0 bridgehead atoms. The summed E-state index contributed by atoms with van der Waals surface area (Å²) in [5.41, 5.74) is 5.18. The van der Waals surface area contributed by atoms with Crippen LogP contribution in [0.1, 0.15) is 46.1 Å². The lowest BCUT2D eigenvalue weighted by Crippen LogP contribution is -2.47. The highest BCUT2D eigenvalue weighted by Crippen LogP contribution is 2.57. The maximum Gasteiger partial charge on any atom is 0.394 e. The average molecular weight is 732 g/mol. The molecule has 1 saturated heterocycles. The van der Waals surface area contributed by atoms with Crippen molar-refractivity contribution >= 4 is 61.9 Å². The minimum Gasteiger partial charge on any atom is -0.506 e. The Hall–Kier alpha value is -4.45. The van der Waals surface area contributed by atoms with Crippen molar-refractivity contribution in [2.24, 2.45) is 5.41 Å². The molecule has 3 heterocycles. The van der Waals surface area contributed by atoms with Gasteiger partial charge in [-0.1, -0.05) is 44.5 Å². The lowest BCUT2D eigenvalue weighted by atomic mass is 9.72. The number of phenolic OH excluding ortho intramolecular Hbond substituents is 1. The molecule has 266 valence electrons. The number of alkyl halides is 2. The summed E-state index contributed by atoms with van der Waals surface area (Å²) in [7, 11) is 0. The number of urea groups is 1. The lowest BCUT2D eigenvalue weighted by Gasteiger charge is -2.42. The molecule has 1 spiro atoms. The largest absolute Gasteiger partial charge is 0.506 e. The van der Waals surface area contributed by atoms with E-state index in [1.165, 1.54) is 24.3 Å². The third kappa shape index (κ3) is 7.47. The molecule has 1 aromatic heterocycles. The van der Waals surface area contributed by atoms with Crippen LogP contribution in [0.25, 0.3) is 20.8 Å². The number of anilines is 4. The highest BCUT2D eigenvalue weighted by Gasteiger charge is 2.49. The number of carbonyl (C=O) groups excluding carboxylic acids is 1. The van der Waals surface area contributed by atoms with Gasteiger partial charge >= 0.3 is 12.1 Å². The number of likely N-dealkylation sites (tertiary alicyclic amines) is 1. The summed E-state index contributed by atoms with van der Waals surface area (Å²) in [6.07, 6.45) is -1.54. The number of phenols is 1. The van der Waals surface area contributed by atoms with E-state index in [0.717, 1.165) is 64.5 Å². The normalized spacial score (nSPS) is 16.0. The minimum atomic E-state index is -3.32. The molecule has 5 aromatic rings. The van der Waals surface area contributed by atoms with Gasteiger partial charge in [-0.3, -0.25) is 0 Å². The third-order valence-corrected chi connectivity index (χ3v) is 10.7. The predicted octanol–water partition coefficient (Wildman–Crippen LogP) is 10.5. The molecule has 1 fully saturated rings. The van der Waals surface area contributed by atoms with Crippen LogP contribution in [0.5, 0.6) is 11.5 Å². The zero-order chi connectivity index (χ0) is 36.1. The molecule has 0 unspecified atom stereocenters. The van der Waals surface area contributed by atoms with Gasteiger partial charge in [0, 0.05) is 41.7 Å². The van der Waals surface area contributed by atoms with Crippen LogP contribution in [-0.2, 0) is 5.41 Å². The molecule has 3 N–H and O–H groups in total. The molecule has 0 radical (unpaired) electrons. The van der Waals surface area contributed by atoms with Gasteiger partial charge in [0.15, 0.2) is 0 Å². The summed E-state index contributed by atoms with van der Waals surface area (Å²) >= 11 is 7.94. The number of para-hydroxylation sites is 2. The second-order valence-electron chi connectivity index (χ2n) is 14.7. The number of nitrogens with one attached hydrogen (secondary N) is 2. The Kier molecular flexibility index (Phi) is 9.10. The Morgan fingerprint density at radius 2 is 1.73 bits per heavy atom. The van der Waals surface area contributed by atoms with E-state index in [-0.39, 0.29) is 22.3 Å². The quantitative estimate of drug-likeness (QED) is 0.154. The first kappa shape index (κ1) is 35.0. The minimum absolute atomic E-state index is 0.0153. The van der Waals surface area contributed by atoms with Crippen molar-refractivity contribution in [2.45, 2.75) is 52.1 Å². The van der Waals surface area contributed by atoms with Crippen molar-refractivity contribution in [1.82, 2.24) is 9.88 Å². The number of aromatic hydroxyl groups is 1. The first-order chi connectivity index (χ1) is 24.2. The van der Waals surface area contributed by atoms with Crippen LogP contribution in [0.3, 0.4) is 0 Å². The van der Waals surface area contributed by atoms with E-state index in [9.17, 15) is 18.7 Å². The molecule has 8 nitrogen and oxygen atoms in total. The number of amides is 2. The Morgan fingerprint density at radius 3 is 2.43 bits per heavy atom. The fraction of sp³-hybridized carbons (Fsp3) is 0.333. The van der Waals surface area contributed by atoms with Crippen LogP contribution >= 0.6 is 22.9 Å². The predicted molar refractivity (Wildman–Crippen MR) is 202 cm³/mol. The van der Waals surface area contributed by atoms with Gasteiger partial charge in [-0.15, -0.1) is 11.3 Å². The first-order valence-electron chi connectivity index (χ1n) is 16.9. The van der Waals surface area contributed by atoms with Crippen molar-refractivity contribution in [3.63, 3.8) is 0 Å². The summed E-state index contributed by atoms with van der Waals surface area (Å²) in [4.78, 5) is 23.0. The van der Waals surface area contributed by atoms with Gasteiger partial charge in [-0.25, -0.2) is 9.78 Å². The SMILES string of the molecule is CC(C)(C)CN1CCC2(CC1)CN(c1ccccc1NC(=O)Nc1ccc(OC(C)(F)F)cc1)c1c(O)ccc(-c3nc4cc(Cl)ccc4s3)c12. The molecule has 2 aliphatic rings. The summed E-state index contributed by atoms with van der Waals surface area (Å²) in [5, 5.41) is 18.9. The zero-order valence-electron chi connectivity index (χ0n) is 28.9. The second-order valence-corrected chi connectivity index (χ2v) is 16.2. The van der Waals surface area contributed by atoms with E-state index in [1.54, 1.807) is 17.4 Å². The number of thiazole rings is 1. The molecule has 12 heteroatoms. The zero-order valence-corrected chi connectivity index (χ0v) is 30.5. The number of piperidine rings is 1. The topological polar surface area (TPSA) is 90.0 Å². The van der Waals surface area contributed by atoms with E-state index in [2.05, 4.69) is 45.9 Å². The number of hydrogen-bond donors (Lipinski definition) is 3. The van der Waals surface area contributed by atoms with Crippen LogP contribution in [-0.4, -0.2) is 53.3 Å². The van der Waals surface area contributed by atoms with Gasteiger partial charge in [0.1, 0.15) is 16.5 Å². The summed E-state index contributed by atoms with van der Waals surface area (Å²) < 4.78 is 32.2. The molecule has 2 aliphatic heterocycles. The Bertz CT molecular complexity index is 2090. The number of rotatable bonds is 7. The van der Waals surface area contributed by atoms with Crippen molar-refractivity contribution in [3.05, 3.63) is 89.4 Å². The van der Waals surface area contributed by atoms with Gasteiger partial charge in [0.05, 0.1) is 27.3 Å². The van der Waals surface area contributed by atoms with Crippen LogP contribution < -0.4 is 20.3 Å². The van der Waals surface area contributed by atoms with E-state index >= 15 is 0 Å². The first-order valence-corrected chi connectivity index (χ1v) is 18.1. The summed E-state index contributed by atoms with van der Waals surface area (Å²) in [6.45, 7) is 10.9. The molecular weight excluding hydrogens is 692 g/mol. The smallest absolute Gasteiger partial charge is 0.394 e. The van der Waals surface area contributed by atoms with E-state index in [1.807, 2.05) is 48.5 Å². The number of fused-ring (bicyclic) bond motifs is 3. The third-order valence-electron chi connectivity index (χ3n) is 9.36. The van der Waals surface area contributed by atoms with Crippen molar-refractivity contribution in [2.75, 3.05) is 41.7 Å². The average Bonchev–Trinajstić information content (AvgIpc) is 3.62. The maximum absolute atomic E-state index is 13.3. The Labute approximate surface area is 305 Å². The standard InChI is InChI=1S/C39H40ClF2N5O3S/c1-37(2,3)22-46-19-17-39(18-20-46)23-47(34-31(48)15-14-27(33(34)39)35-44-29-21-24(40)9-16-32(29)51-35)30-8-6-5-7-28(30)45-36(49)43-25-10-12-26(13-11-25)50-38(4,41)42/h5-16,21,48H,17-20,22-23H2,1-4H3,(H2,43,45,49). The van der Waals surface area contributed by atoms with Crippen LogP contribution in [0.15, 0.2) is 78.9 Å². The second kappa shape index (κ2) is 13.3. The molecule has 51 heavy (non-hydrogen) atoms. The number of hydrogen-bond acceptors (Lipinski definition) is 7. The monoisotopic (exact) mass is 731 g/mol. The number of benzene rings is 4. The molecule has 7 rings (SSSR count). The Balaban J connectivity index is 1.24. The molecule has 0 aliphatic carbocycles. The van der Waals surface area contributed by atoms with E-state index in [0.29, 0.717) is 35.6 Å². The highest BCUT2D eigenvalue weighted by molar-refractivity contribution is 7.21. The number of aromatic nitrogens is 1. The summed E-state index contributed by atoms with van der Waals surface area (Å²) in [5.74, 6) is 0.143. The number of carbonyl (C=O) groups is 1. The van der Waals surface area contributed by atoms with Gasteiger partial charge < -0.3 is 30.3 Å². The fourth-order valence-corrected chi connectivity index (χ4v) is 8.53. The summed E-state index contributed by atoms with van der Waals surface area (Å²) in [6, 6.07) is 22.2. The molecule has 0 saturated carbocycles. The van der Waals surface area contributed by atoms with Gasteiger partial charge in [-0.2, -0.15) is 8.78 Å². The van der Waals surface area contributed by atoms with E-state index < -0.39 is 12.1 Å². The van der Waals surface area contributed by atoms with Gasteiger partial charge in [0.25, 0.3) is 0 Å². The Morgan fingerprint density at radius 1 is 1.00 bits per heavy atom. The maximum atomic E-state index is 13.3. The van der Waals surface area contributed by atoms with Gasteiger partial charge in [-0.05, 0) is 104 Å².